The van der Waals surface area contributed by atoms with E-state index in [4.69, 9.17) is 11.6 Å². The Morgan fingerprint density at radius 2 is 1.84 bits per heavy atom. The van der Waals surface area contributed by atoms with E-state index in [1.165, 1.54) is 0 Å². The molecule has 3 rings (SSSR count). The number of hydrogen-bond donors (Lipinski definition) is 2. The Bertz CT molecular complexity index is 800. The molecule has 2 amide bonds. The van der Waals surface area contributed by atoms with Gasteiger partial charge in [-0.2, -0.15) is 0 Å². The van der Waals surface area contributed by atoms with Crippen molar-refractivity contribution in [2.75, 3.05) is 5.32 Å². The van der Waals surface area contributed by atoms with Crippen LogP contribution in [-0.4, -0.2) is 17.9 Å². The molecule has 2 aromatic rings. The molecule has 0 saturated carbocycles. The van der Waals surface area contributed by atoms with Crippen molar-refractivity contribution in [3.05, 3.63) is 53.1 Å². The zero-order chi connectivity index (χ0) is 18.0. The normalized spacial score (nSPS) is 17.5. The van der Waals surface area contributed by atoms with Crippen LogP contribution in [0, 0.1) is 0 Å². The van der Waals surface area contributed by atoms with Gasteiger partial charge in [-0.25, -0.2) is 0 Å². The summed E-state index contributed by atoms with van der Waals surface area (Å²) in [5, 5.41) is 6.32. The highest BCUT2D eigenvalue weighted by Crippen LogP contribution is 2.37. The van der Waals surface area contributed by atoms with Gasteiger partial charge in [0.05, 0.1) is 10.9 Å². The van der Waals surface area contributed by atoms with Crippen molar-refractivity contribution in [1.82, 2.24) is 5.32 Å². The molecule has 1 saturated heterocycles. The predicted octanol–water partition coefficient (Wildman–Crippen LogP) is 4.35. The van der Waals surface area contributed by atoms with Crippen LogP contribution in [0.5, 0.6) is 0 Å². The van der Waals surface area contributed by atoms with E-state index in [0.29, 0.717) is 23.9 Å². The molecule has 0 unspecified atom stereocenters. The quantitative estimate of drug-likeness (QED) is 0.801. The molecular formula is C20H21ClN2O2. The van der Waals surface area contributed by atoms with Gasteiger partial charge in [-0.1, -0.05) is 41.9 Å². The maximum absolute atomic E-state index is 12.2. The maximum Gasteiger partial charge on any atom is 0.234 e. The molecule has 2 aromatic carbocycles. The molecule has 1 fully saturated rings. The van der Waals surface area contributed by atoms with Crippen molar-refractivity contribution in [2.24, 2.45) is 0 Å². The summed E-state index contributed by atoms with van der Waals surface area (Å²) in [6.07, 6.45) is 0.831. The van der Waals surface area contributed by atoms with Gasteiger partial charge in [-0.15, -0.1) is 0 Å². The molecule has 0 radical (unpaired) electrons. The largest absolute Gasteiger partial charge is 0.383 e. The van der Waals surface area contributed by atoms with E-state index in [1.54, 1.807) is 0 Å². The number of rotatable bonds is 4. The molecular weight excluding hydrogens is 336 g/mol. The number of nitrogens with one attached hydrogen (secondary N) is 2. The minimum atomic E-state index is -0.382. The molecule has 0 aromatic heterocycles. The van der Waals surface area contributed by atoms with Gasteiger partial charge in [0, 0.05) is 23.7 Å². The van der Waals surface area contributed by atoms with Crippen molar-refractivity contribution in [1.29, 1.82) is 0 Å². The highest BCUT2D eigenvalue weighted by atomic mass is 35.5. The molecule has 1 atom stereocenters. The lowest BCUT2D eigenvalue weighted by molar-refractivity contribution is -0.134. The average molecular weight is 357 g/mol. The summed E-state index contributed by atoms with van der Waals surface area (Å²) in [6.45, 7) is 4.18. The fourth-order valence-electron chi connectivity index (χ4n) is 3.11. The van der Waals surface area contributed by atoms with Gasteiger partial charge in [0.2, 0.25) is 11.8 Å². The Kier molecular flexibility index (Phi) is 5.09. The molecule has 1 heterocycles. The van der Waals surface area contributed by atoms with Crippen LogP contribution in [0.2, 0.25) is 5.02 Å². The number of imide groups is 1. The zero-order valence-electron chi connectivity index (χ0n) is 14.3. The average Bonchev–Trinajstić information content (AvgIpc) is 2.56. The summed E-state index contributed by atoms with van der Waals surface area (Å²) >= 11 is 6.62. The van der Waals surface area contributed by atoms with Crippen molar-refractivity contribution in [2.45, 2.75) is 38.6 Å². The van der Waals surface area contributed by atoms with Gasteiger partial charge in [0.15, 0.2) is 0 Å². The number of amides is 2. The van der Waals surface area contributed by atoms with Gasteiger partial charge in [0.25, 0.3) is 0 Å². The van der Waals surface area contributed by atoms with E-state index < -0.39 is 0 Å². The van der Waals surface area contributed by atoms with Crippen LogP contribution in [-0.2, 0) is 9.59 Å². The Morgan fingerprint density at radius 3 is 2.48 bits per heavy atom. The van der Waals surface area contributed by atoms with Crippen molar-refractivity contribution in [3.8, 4) is 11.1 Å². The SMILES string of the molecule is CC(C)Nc1ccc(-c2cccc([C@@H]3CCC(=O)NC3=O)c2Cl)cc1. The number of anilines is 1. The van der Waals surface area contributed by atoms with Crippen molar-refractivity contribution in [3.63, 3.8) is 0 Å². The summed E-state index contributed by atoms with van der Waals surface area (Å²) in [7, 11) is 0. The summed E-state index contributed by atoms with van der Waals surface area (Å²) in [4.78, 5) is 23.5. The second-order valence-electron chi connectivity index (χ2n) is 6.59. The van der Waals surface area contributed by atoms with Gasteiger partial charge in [0.1, 0.15) is 0 Å². The second kappa shape index (κ2) is 7.28. The van der Waals surface area contributed by atoms with Gasteiger partial charge < -0.3 is 5.32 Å². The third kappa shape index (κ3) is 3.85. The van der Waals surface area contributed by atoms with Crippen LogP contribution in [0.4, 0.5) is 5.69 Å². The standard InChI is InChI=1S/C20H21ClN2O2/c1-12(2)22-14-8-6-13(7-9-14)15-4-3-5-16(19(15)21)17-10-11-18(24)23-20(17)25/h3-9,12,17,22H,10-11H2,1-2H3,(H,23,24,25)/t17-/m0/s1. The number of benzene rings is 2. The third-order valence-electron chi connectivity index (χ3n) is 4.29. The number of carbonyl (C=O) groups excluding carboxylic acids is 2. The van der Waals surface area contributed by atoms with E-state index >= 15 is 0 Å². The first-order valence-electron chi connectivity index (χ1n) is 8.45. The maximum atomic E-state index is 12.2. The molecule has 0 aliphatic carbocycles. The minimum absolute atomic E-state index is 0.221. The minimum Gasteiger partial charge on any atom is -0.383 e. The molecule has 4 nitrogen and oxygen atoms in total. The number of carbonyl (C=O) groups is 2. The number of halogens is 1. The van der Waals surface area contributed by atoms with E-state index in [1.807, 2.05) is 42.5 Å². The first kappa shape index (κ1) is 17.5. The summed E-state index contributed by atoms with van der Waals surface area (Å²) in [5.41, 5.74) is 3.71. The van der Waals surface area contributed by atoms with Crippen LogP contribution in [0.15, 0.2) is 42.5 Å². The summed E-state index contributed by atoms with van der Waals surface area (Å²) in [5.74, 6) is -0.874. The molecule has 25 heavy (non-hydrogen) atoms. The zero-order valence-corrected chi connectivity index (χ0v) is 15.1. The highest BCUT2D eigenvalue weighted by Gasteiger charge is 2.30. The van der Waals surface area contributed by atoms with Crippen LogP contribution in [0.25, 0.3) is 11.1 Å². The Morgan fingerprint density at radius 1 is 1.12 bits per heavy atom. The molecule has 0 spiro atoms. The lowest BCUT2D eigenvalue weighted by atomic mass is 9.88. The predicted molar refractivity (Wildman–Crippen MR) is 101 cm³/mol. The first-order valence-corrected chi connectivity index (χ1v) is 8.82. The summed E-state index contributed by atoms with van der Waals surface area (Å²) < 4.78 is 0. The fraction of sp³-hybridized carbons (Fsp3) is 0.300. The van der Waals surface area contributed by atoms with Crippen LogP contribution in [0.1, 0.15) is 38.2 Å². The third-order valence-corrected chi connectivity index (χ3v) is 4.72. The van der Waals surface area contributed by atoms with Gasteiger partial charge >= 0.3 is 0 Å². The second-order valence-corrected chi connectivity index (χ2v) is 6.97. The lowest BCUT2D eigenvalue weighted by Crippen LogP contribution is -2.39. The van der Waals surface area contributed by atoms with E-state index in [0.717, 1.165) is 22.4 Å². The molecule has 1 aliphatic heterocycles. The van der Waals surface area contributed by atoms with E-state index in [-0.39, 0.29) is 17.7 Å². The molecule has 0 bridgehead atoms. The first-order chi connectivity index (χ1) is 12.0. The van der Waals surface area contributed by atoms with E-state index in [9.17, 15) is 9.59 Å². The van der Waals surface area contributed by atoms with Crippen LogP contribution >= 0.6 is 11.6 Å². The van der Waals surface area contributed by atoms with E-state index in [2.05, 4.69) is 24.5 Å². The fourth-order valence-corrected chi connectivity index (χ4v) is 3.48. The Hall–Kier alpha value is -2.33. The monoisotopic (exact) mass is 356 g/mol. The molecule has 1 aliphatic rings. The molecule has 130 valence electrons. The van der Waals surface area contributed by atoms with Crippen LogP contribution in [0.3, 0.4) is 0 Å². The lowest BCUT2D eigenvalue weighted by Gasteiger charge is -2.23. The summed E-state index contributed by atoms with van der Waals surface area (Å²) in [6, 6.07) is 14.1. The molecule has 2 N–H and O–H groups in total. The Balaban J connectivity index is 1.91. The van der Waals surface area contributed by atoms with Crippen molar-refractivity contribution >= 4 is 29.1 Å². The molecule has 5 heteroatoms. The number of piperidine rings is 1. The topological polar surface area (TPSA) is 58.2 Å². The van der Waals surface area contributed by atoms with Gasteiger partial charge in [-0.05, 0) is 43.5 Å². The number of hydrogen-bond acceptors (Lipinski definition) is 3. The van der Waals surface area contributed by atoms with Crippen LogP contribution < -0.4 is 10.6 Å². The van der Waals surface area contributed by atoms with Gasteiger partial charge in [-0.3, -0.25) is 14.9 Å². The van der Waals surface area contributed by atoms with Crippen molar-refractivity contribution < 1.29 is 9.59 Å². The smallest absolute Gasteiger partial charge is 0.234 e. The highest BCUT2D eigenvalue weighted by molar-refractivity contribution is 6.34. The Labute approximate surface area is 152 Å².